The van der Waals surface area contributed by atoms with E-state index >= 15 is 0 Å². The van der Waals surface area contributed by atoms with E-state index in [1.807, 2.05) is 50.2 Å². The smallest absolute Gasteiger partial charge is 0.313 e. The molecule has 0 saturated heterocycles. The highest BCUT2D eigenvalue weighted by atomic mass is 35.5. The Morgan fingerprint density at radius 2 is 1.79 bits per heavy atom. The van der Waals surface area contributed by atoms with Gasteiger partial charge >= 0.3 is 11.8 Å². The predicted molar refractivity (Wildman–Crippen MR) is 97.3 cm³/mol. The van der Waals surface area contributed by atoms with Gasteiger partial charge in [0, 0.05) is 17.3 Å². The molecular formula is C19H21ClN2O2. The maximum absolute atomic E-state index is 12.0. The van der Waals surface area contributed by atoms with Gasteiger partial charge in [-0.2, -0.15) is 0 Å². The average Bonchev–Trinajstić information content (AvgIpc) is 2.55. The summed E-state index contributed by atoms with van der Waals surface area (Å²) in [5, 5.41) is 5.96. The minimum Gasteiger partial charge on any atom is -0.347 e. The summed E-state index contributed by atoms with van der Waals surface area (Å²) in [6.07, 6.45) is 0.613. The highest BCUT2D eigenvalue weighted by molar-refractivity contribution is 6.39. The van der Waals surface area contributed by atoms with Crippen molar-refractivity contribution in [3.8, 4) is 0 Å². The lowest BCUT2D eigenvalue weighted by molar-refractivity contribution is -0.136. The number of carbonyl (C=O) groups is 2. The van der Waals surface area contributed by atoms with Crippen molar-refractivity contribution in [2.75, 3.05) is 11.9 Å². The lowest BCUT2D eigenvalue weighted by Gasteiger charge is -2.13. The third-order valence-electron chi connectivity index (χ3n) is 3.63. The van der Waals surface area contributed by atoms with Gasteiger partial charge in [-0.15, -0.1) is 0 Å². The molecule has 0 aliphatic rings. The quantitative estimate of drug-likeness (QED) is 0.811. The first-order valence-corrected chi connectivity index (χ1v) is 8.27. The van der Waals surface area contributed by atoms with E-state index < -0.39 is 11.8 Å². The molecule has 5 heteroatoms. The lowest BCUT2D eigenvalue weighted by Crippen LogP contribution is -2.36. The van der Waals surface area contributed by atoms with E-state index in [9.17, 15) is 9.59 Å². The van der Waals surface area contributed by atoms with Gasteiger partial charge in [0.25, 0.3) is 0 Å². The second kappa shape index (κ2) is 8.50. The van der Waals surface area contributed by atoms with Crippen molar-refractivity contribution in [3.05, 3.63) is 64.7 Å². The third kappa shape index (κ3) is 5.10. The van der Waals surface area contributed by atoms with E-state index in [1.54, 1.807) is 12.1 Å². The van der Waals surface area contributed by atoms with E-state index in [1.165, 1.54) is 0 Å². The fraction of sp³-hybridized carbons (Fsp3) is 0.263. The van der Waals surface area contributed by atoms with Crippen LogP contribution in [0.3, 0.4) is 0 Å². The first kappa shape index (κ1) is 18.0. The molecule has 126 valence electrons. The Labute approximate surface area is 147 Å². The molecule has 4 nitrogen and oxygen atoms in total. The number of anilines is 1. The van der Waals surface area contributed by atoms with E-state index in [2.05, 4.69) is 10.6 Å². The van der Waals surface area contributed by atoms with Crippen LogP contribution in [0.15, 0.2) is 48.5 Å². The summed E-state index contributed by atoms with van der Waals surface area (Å²) < 4.78 is 0. The van der Waals surface area contributed by atoms with Gasteiger partial charge in [0.2, 0.25) is 0 Å². The average molecular weight is 345 g/mol. The molecule has 0 spiro atoms. The molecule has 2 aromatic rings. The minimum absolute atomic E-state index is 0.257. The third-order valence-corrected chi connectivity index (χ3v) is 3.86. The van der Waals surface area contributed by atoms with Gasteiger partial charge < -0.3 is 10.6 Å². The molecule has 2 aromatic carbocycles. The van der Waals surface area contributed by atoms with E-state index in [-0.39, 0.29) is 5.92 Å². The Balaban J connectivity index is 1.88. The van der Waals surface area contributed by atoms with Crippen molar-refractivity contribution in [2.24, 2.45) is 0 Å². The fourth-order valence-electron chi connectivity index (χ4n) is 2.39. The normalized spacial score (nSPS) is 10.5. The number of amides is 2. The van der Waals surface area contributed by atoms with Crippen molar-refractivity contribution >= 4 is 29.1 Å². The largest absolute Gasteiger partial charge is 0.347 e. The second-order valence-corrected chi connectivity index (χ2v) is 6.27. The monoisotopic (exact) mass is 344 g/mol. The van der Waals surface area contributed by atoms with Gasteiger partial charge in [-0.05, 0) is 41.7 Å². The van der Waals surface area contributed by atoms with Crippen LogP contribution in [-0.2, 0) is 16.0 Å². The van der Waals surface area contributed by atoms with Gasteiger partial charge in [-0.25, -0.2) is 0 Å². The van der Waals surface area contributed by atoms with Crippen LogP contribution in [0.4, 0.5) is 5.69 Å². The summed E-state index contributed by atoms with van der Waals surface area (Å²) in [5.74, 6) is -1.04. The second-order valence-electron chi connectivity index (χ2n) is 5.83. The molecule has 0 fully saturated rings. The summed E-state index contributed by atoms with van der Waals surface area (Å²) in [6.45, 7) is 4.45. The molecule has 24 heavy (non-hydrogen) atoms. The molecule has 0 radical (unpaired) electrons. The molecule has 0 atom stereocenters. The number of rotatable bonds is 5. The number of halogens is 1. The van der Waals surface area contributed by atoms with Crippen molar-refractivity contribution in [3.63, 3.8) is 0 Å². The summed E-state index contributed by atoms with van der Waals surface area (Å²) >= 11 is 5.92. The van der Waals surface area contributed by atoms with E-state index in [4.69, 9.17) is 11.6 Å². The zero-order chi connectivity index (χ0) is 17.5. The zero-order valence-electron chi connectivity index (χ0n) is 13.8. The summed E-state index contributed by atoms with van der Waals surface area (Å²) in [5.41, 5.74) is 2.67. The fourth-order valence-corrected chi connectivity index (χ4v) is 2.60. The SMILES string of the molecule is CC(C)c1ccccc1NC(=O)C(=O)NCCc1cccc(Cl)c1. The molecule has 0 aliphatic carbocycles. The lowest BCUT2D eigenvalue weighted by atomic mass is 10.0. The molecule has 0 heterocycles. The Morgan fingerprint density at radius 3 is 2.50 bits per heavy atom. The molecule has 0 aromatic heterocycles. The van der Waals surface area contributed by atoms with Crippen LogP contribution >= 0.6 is 11.6 Å². The number of carbonyl (C=O) groups excluding carboxylic acids is 2. The van der Waals surface area contributed by atoms with Gasteiger partial charge in [-0.1, -0.05) is 55.8 Å². The van der Waals surface area contributed by atoms with Crippen LogP contribution < -0.4 is 10.6 Å². The Morgan fingerprint density at radius 1 is 1.04 bits per heavy atom. The molecular weight excluding hydrogens is 324 g/mol. The Bertz CT molecular complexity index is 729. The maximum Gasteiger partial charge on any atom is 0.313 e. The van der Waals surface area contributed by atoms with Gasteiger partial charge in [0.05, 0.1) is 0 Å². The van der Waals surface area contributed by atoms with Gasteiger partial charge in [0.1, 0.15) is 0 Å². The van der Waals surface area contributed by atoms with Crippen LogP contribution in [-0.4, -0.2) is 18.4 Å². The molecule has 0 aliphatic heterocycles. The van der Waals surface area contributed by atoms with Crippen LogP contribution in [0.2, 0.25) is 5.02 Å². The minimum atomic E-state index is -0.658. The van der Waals surface area contributed by atoms with Crippen molar-refractivity contribution < 1.29 is 9.59 Å². The standard InChI is InChI=1S/C19H21ClN2O2/c1-13(2)16-8-3-4-9-17(16)22-19(24)18(23)21-11-10-14-6-5-7-15(20)12-14/h3-9,12-13H,10-11H2,1-2H3,(H,21,23)(H,22,24). The Kier molecular flexibility index (Phi) is 6.38. The first-order valence-electron chi connectivity index (χ1n) is 7.90. The van der Waals surface area contributed by atoms with Crippen molar-refractivity contribution in [1.82, 2.24) is 5.32 Å². The molecule has 0 bridgehead atoms. The number of benzene rings is 2. The first-order chi connectivity index (χ1) is 11.5. The van der Waals surface area contributed by atoms with E-state index in [0.717, 1.165) is 11.1 Å². The maximum atomic E-state index is 12.0. The number of nitrogens with one attached hydrogen (secondary N) is 2. The van der Waals surface area contributed by atoms with Gasteiger partial charge in [-0.3, -0.25) is 9.59 Å². The van der Waals surface area contributed by atoms with Crippen molar-refractivity contribution in [2.45, 2.75) is 26.2 Å². The molecule has 2 N–H and O–H groups in total. The van der Waals surface area contributed by atoms with Crippen molar-refractivity contribution in [1.29, 1.82) is 0 Å². The molecule has 2 amide bonds. The summed E-state index contributed by atoms with van der Waals surface area (Å²) in [6, 6.07) is 14.9. The van der Waals surface area contributed by atoms with Crippen LogP contribution in [0.1, 0.15) is 30.9 Å². The van der Waals surface area contributed by atoms with Gasteiger partial charge in [0.15, 0.2) is 0 Å². The van der Waals surface area contributed by atoms with E-state index in [0.29, 0.717) is 23.7 Å². The van der Waals surface area contributed by atoms with Crippen LogP contribution in [0.5, 0.6) is 0 Å². The molecule has 2 rings (SSSR count). The molecule has 0 saturated carbocycles. The highest BCUT2D eigenvalue weighted by Crippen LogP contribution is 2.23. The summed E-state index contributed by atoms with van der Waals surface area (Å²) in [4.78, 5) is 24.0. The molecule has 0 unspecified atom stereocenters. The number of hydrogen-bond donors (Lipinski definition) is 2. The zero-order valence-corrected chi connectivity index (χ0v) is 14.6. The van der Waals surface area contributed by atoms with Crippen LogP contribution in [0, 0.1) is 0 Å². The highest BCUT2D eigenvalue weighted by Gasteiger charge is 2.15. The number of para-hydroxylation sites is 1. The topological polar surface area (TPSA) is 58.2 Å². The predicted octanol–water partition coefficient (Wildman–Crippen LogP) is 3.76. The summed E-state index contributed by atoms with van der Waals surface area (Å²) in [7, 11) is 0. The number of hydrogen-bond acceptors (Lipinski definition) is 2. The Hall–Kier alpha value is -2.33. The van der Waals surface area contributed by atoms with Crippen LogP contribution in [0.25, 0.3) is 0 Å².